The number of alkyl carbamates (subject to hydrolysis) is 1. The Morgan fingerprint density at radius 1 is 1.22 bits per heavy atom. The van der Waals surface area contributed by atoms with Gasteiger partial charge in [0.05, 0.1) is 12.3 Å². The molecule has 4 atom stereocenters. The maximum Gasteiger partial charge on any atom is 0.407 e. The molecule has 0 saturated heterocycles. The number of nitrogens with zero attached hydrogens (tertiary/aromatic N) is 1. The summed E-state index contributed by atoms with van der Waals surface area (Å²) in [6, 6.07) is 12.4. The molecule has 1 aromatic carbocycles. The largest absolute Gasteiger partial charge is 0.450 e. The number of rotatable bonds is 5. The fourth-order valence-electron chi connectivity index (χ4n) is 5.82. The molecule has 0 spiro atoms. The third-order valence-electron chi connectivity index (χ3n) is 7.42. The molecule has 0 aliphatic heterocycles. The Hall–Kier alpha value is -3.74. The van der Waals surface area contributed by atoms with Gasteiger partial charge in [-0.1, -0.05) is 24.3 Å². The lowest BCUT2D eigenvalue weighted by molar-refractivity contribution is 0.129. The lowest BCUT2D eigenvalue weighted by atomic mass is 9.62. The van der Waals surface area contributed by atoms with E-state index in [2.05, 4.69) is 21.4 Å². The van der Waals surface area contributed by atoms with E-state index < -0.39 is 0 Å². The highest BCUT2D eigenvalue weighted by Gasteiger charge is 2.41. The lowest BCUT2D eigenvalue weighted by Gasteiger charge is -2.43. The topological polar surface area (TPSA) is 84.1 Å². The number of hydrogen-bond acceptors (Lipinski definition) is 4. The van der Waals surface area contributed by atoms with E-state index in [1.807, 2.05) is 30.3 Å². The Labute approximate surface area is 209 Å². The van der Waals surface area contributed by atoms with Crippen LogP contribution in [0, 0.1) is 17.7 Å². The number of ether oxygens (including phenoxy) is 1. The van der Waals surface area contributed by atoms with Gasteiger partial charge in [0.1, 0.15) is 5.82 Å². The maximum atomic E-state index is 13.6. The first-order valence-corrected chi connectivity index (χ1v) is 12.6. The molecule has 6 nitrogen and oxygen atoms in total. The highest BCUT2D eigenvalue weighted by atomic mass is 19.1. The first-order valence-electron chi connectivity index (χ1n) is 12.6. The van der Waals surface area contributed by atoms with E-state index in [0.29, 0.717) is 18.4 Å². The van der Waals surface area contributed by atoms with Crippen molar-refractivity contribution < 1.29 is 13.9 Å². The number of amides is 1. The first kappa shape index (κ1) is 24.0. The second kappa shape index (κ2) is 10.5. The number of fused-ring (bicyclic) bond motifs is 2. The fraction of sp³-hybridized carbons (Fsp3) is 0.345. The molecule has 0 bridgehead atoms. The summed E-state index contributed by atoms with van der Waals surface area (Å²) in [5.41, 5.74) is 4.27. The zero-order chi connectivity index (χ0) is 25.1. The quantitative estimate of drug-likeness (QED) is 0.501. The predicted molar refractivity (Wildman–Crippen MR) is 137 cm³/mol. The van der Waals surface area contributed by atoms with Crippen LogP contribution in [0.5, 0.6) is 0 Å². The zero-order valence-corrected chi connectivity index (χ0v) is 20.2. The number of carbonyl (C=O) groups excluding carboxylic acids is 1. The van der Waals surface area contributed by atoms with Crippen molar-refractivity contribution in [1.82, 2.24) is 15.3 Å². The van der Waals surface area contributed by atoms with Crippen molar-refractivity contribution in [3.63, 3.8) is 0 Å². The van der Waals surface area contributed by atoms with E-state index in [1.165, 1.54) is 12.1 Å². The summed E-state index contributed by atoms with van der Waals surface area (Å²) in [6.45, 7) is 2.15. The molecule has 1 amide bonds. The molecule has 36 heavy (non-hydrogen) atoms. The van der Waals surface area contributed by atoms with Crippen LogP contribution in [0.25, 0.3) is 17.2 Å². The monoisotopic (exact) mass is 487 g/mol. The van der Waals surface area contributed by atoms with Crippen LogP contribution in [-0.4, -0.2) is 28.7 Å². The molecule has 3 aromatic rings. The highest BCUT2D eigenvalue weighted by molar-refractivity contribution is 5.67. The molecule has 1 saturated carbocycles. The number of aromatic amines is 1. The van der Waals surface area contributed by atoms with Crippen molar-refractivity contribution >= 4 is 12.2 Å². The lowest BCUT2D eigenvalue weighted by Crippen LogP contribution is -2.45. The van der Waals surface area contributed by atoms with Gasteiger partial charge < -0.3 is 15.0 Å². The van der Waals surface area contributed by atoms with Gasteiger partial charge in [-0.2, -0.15) is 0 Å². The summed E-state index contributed by atoms with van der Waals surface area (Å²) in [4.78, 5) is 32.2. The van der Waals surface area contributed by atoms with Gasteiger partial charge in [-0.3, -0.25) is 9.78 Å². The minimum atomic E-state index is -0.363. The number of halogens is 1. The number of pyridine rings is 2. The smallest absolute Gasteiger partial charge is 0.407 e. The number of aromatic nitrogens is 2. The Balaban J connectivity index is 1.38. The van der Waals surface area contributed by atoms with Crippen molar-refractivity contribution in [2.45, 2.75) is 44.6 Å². The molecule has 2 heterocycles. The minimum Gasteiger partial charge on any atom is -0.450 e. The van der Waals surface area contributed by atoms with Crippen LogP contribution in [0.2, 0.25) is 0 Å². The van der Waals surface area contributed by atoms with Crippen molar-refractivity contribution in [3.05, 3.63) is 93.9 Å². The molecule has 186 valence electrons. The van der Waals surface area contributed by atoms with Crippen LogP contribution in [0.15, 0.2) is 65.7 Å². The van der Waals surface area contributed by atoms with Gasteiger partial charge in [0.15, 0.2) is 0 Å². The van der Waals surface area contributed by atoms with Crippen LogP contribution in [0.4, 0.5) is 9.18 Å². The normalized spacial score (nSPS) is 23.1. The van der Waals surface area contributed by atoms with Crippen LogP contribution in [0.1, 0.15) is 48.9 Å². The Morgan fingerprint density at radius 2 is 2.11 bits per heavy atom. The van der Waals surface area contributed by atoms with Crippen LogP contribution in [0.3, 0.4) is 0 Å². The van der Waals surface area contributed by atoms with Gasteiger partial charge in [-0.05, 0) is 85.9 Å². The zero-order valence-electron chi connectivity index (χ0n) is 20.2. The van der Waals surface area contributed by atoms with Gasteiger partial charge >= 0.3 is 6.09 Å². The summed E-state index contributed by atoms with van der Waals surface area (Å²) in [6.07, 6.45) is 10.6. The van der Waals surface area contributed by atoms with Crippen LogP contribution < -0.4 is 10.9 Å². The third kappa shape index (κ3) is 5.10. The van der Waals surface area contributed by atoms with Gasteiger partial charge in [0, 0.05) is 35.5 Å². The van der Waals surface area contributed by atoms with E-state index in [0.717, 1.165) is 53.6 Å². The van der Waals surface area contributed by atoms with Gasteiger partial charge in [-0.15, -0.1) is 0 Å². The first-order chi connectivity index (χ1) is 17.5. The second-order valence-electron chi connectivity index (χ2n) is 9.62. The summed E-state index contributed by atoms with van der Waals surface area (Å²) in [5.74, 6) is 0.360. The molecule has 0 radical (unpaired) electrons. The molecule has 2 aliphatic carbocycles. The maximum absolute atomic E-state index is 13.6. The number of H-pyrrole nitrogens is 1. The minimum absolute atomic E-state index is 0.0306. The van der Waals surface area contributed by atoms with Crippen molar-refractivity contribution in [1.29, 1.82) is 0 Å². The number of allylic oxidation sites excluding steroid dienone is 1. The Morgan fingerprint density at radius 3 is 2.89 bits per heavy atom. The second-order valence-corrected chi connectivity index (χ2v) is 9.62. The van der Waals surface area contributed by atoms with Gasteiger partial charge in [0.25, 0.3) is 5.56 Å². The molecule has 2 aliphatic rings. The number of hydrogen-bond donors (Lipinski definition) is 2. The molecule has 5 rings (SSSR count). The predicted octanol–water partition coefficient (Wildman–Crippen LogP) is 5.46. The molecular formula is C29H30FN3O3. The SMILES string of the molecule is CCOC(=O)N[C@H]1CC[C@@H]2[C@H](Cc3cc[nH]c(=O)c3[C@H]2/C=C/c2ccc(-c3cccc(F)c3)cn2)C1. The van der Waals surface area contributed by atoms with Crippen molar-refractivity contribution in [2.75, 3.05) is 6.61 Å². The van der Waals surface area contributed by atoms with Crippen molar-refractivity contribution in [2.24, 2.45) is 11.8 Å². The average Bonchev–Trinajstić information content (AvgIpc) is 2.87. The van der Waals surface area contributed by atoms with Gasteiger partial charge in [0.2, 0.25) is 0 Å². The number of benzene rings is 1. The summed E-state index contributed by atoms with van der Waals surface area (Å²) >= 11 is 0. The Bertz CT molecular complexity index is 1320. The average molecular weight is 488 g/mol. The van der Waals surface area contributed by atoms with E-state index in [-0.39, 0.29) is 29.4 Å². The molecule has 7 heteroatoms. The van der Waals surface area contributed by atoms with E-state index >= 15 is 0 Å². The van der Waals surface area contributed by atoms with Crippen LogP contribution >= 0.6 is 0 Å². The third-order valence-corrected chi connectivity index (χ3v) is 7.42. The van der Waals surface area contributed by atoms with E-state index in [4.69, 9.17) is 4.74 Å². The summed E-state index contributed by atoms with van der Waals surface area (Å²) < 4.78 is 18.7. The van der Waals surface area contributed by atoms with E-state index in [9.17, 15) is 14.0 Å². The van der Waals surface area contributed by atoms with E-state index in [1.54, 1.807) is 25.4 Å². The molecular weight excluding hydrogens is 457 g/mol. The molecule has 1 fully saturated rings. The molecule has 0 unspecified atom stereocenters. The van der Waals surface area contributed by atoms with Crippen LogP contribution in [-0.2, 0) is 11.2 Å². The fourth-order valence-corrected chi connectivity index (χ4v) is 5.82. The number of carbonyl (C=O) groups is 1. The van der Waals surface area contributed by atoms with Crippen molar-refractivity contribution in [3.8, 4) is 11.1 Å². The number of nitrogens with one attached hydrogen (secondary N) is 2. The Kier molecular flexibility index (Phi) is 6.98. The standard InChI is InChI=1S/C29H30FN3O3/c1-2-36-29(35)33-24-9-10-25-21(16-24)14-19-12-13-31-28(34)27(19)26(25)11-8-23-7-6-20(17-32-23)18-4-3-5-22(30)15-18/h3-8,11-13,15,17,21,24-26H,2,9-10,14,16H2,1H3,(H,31,34)(H,33,35)/b11-8+/t21-,24+,25-,26+/m1/s1. The molecule has 2 N–H and O–H groups in total. The van der Waals surface area contributed by atoms with Gasteiger partial charge in [-0.25, -0.2) is 9.18 Å². The summed E-state index contributed by atoms with van der Waals surface area (Å²) in [5, 5.41) is 3.00. The summed E-state index contributed by atoms with van der Waals surface area (Å²) in [7, 11) is 0. The highest BCUT2D eigenvalue weighted by Crippen LogP contribution is 2.46. The molecule has 2 aromatic heterocycles.